The highest BCUT2D eigenvalue weighted by Crippen LogP contribution is 2.37. The number of carbonyl (C=O) groups excluding carboxylic acids is 3. The van der Waals surface area contributed by atoms with E-state index in [0.29, 0.717) is 25.8 Å². The average molecular weight is 511 g/mol. The molecule has 1 aromatic heterocycles. The van der Waals surface area contributed by atoms with E-state index in [1.54, 1.807) is 0 Å². The predicted octanol–water partition coefficient (Wildman–Crippen LogP) is 3.83. The topological polar surface area (TPSA) is 106 Å². The molecule has 2 atom stereocenters. The summed E-state index contributed by atoms with van der Waals surface area (Å²) in [7, 11) is 0. The molecule has 0 bridgehead atoms. The van der Waals surface area contributed by atoms with Gasteiger partial charge < -0.3 is 20.9 Å². The van der Waals surface area contributed by atoms with E-state index in [1.807, 2.05) is 38.1 Å². The fraction of sp³-hybridized carbons (Fsp3) is 0.323. The van der Waals surface area contributed by atoms with Gasteiger partial charge in [0.05, 0.1) is 0 Å². The molecular weight excluding hydrogens is 476 g/mol. The van der Waals surface area contributed by atoms with Crippen molar-refractivity contribution in [3.05, 3.63) is 83.6 Å². The zero-order valence-electron chi connectivity index (χ0n) is 22.1. The maximum absolute atomic E-state index is 13.7. The molecule has 0 aliphatic heterocycles. The first-order valence-corrected chi connectivity index (χ1v) is 13.1. The number of primary amides is 1. The number of aromatic nitrogens is 1. The highest BCUT2D eigenvalue weighted by Gasteiger charge is 2.45. The number of rotatable bonds is 7. The lowest BCUT2D eigenvalue weighted by atomic mass is 9.78. The van der Waals surface area contributed by atoms with Gasteiger partial charge in [0.15, 0.2) is 0 Å². The molecule has 196 valence electrons. The van der Waals surface area contributed by atoms with Gasteiger partial charge in [-0.1, -0.05) is 68.4 Å². The maximum atomic E-state index is 13.7. The Hall–Kier alpha value is -4.13. The van der Waals surface area contributed by atoms with Gasteiger partial charge in [-0.25, -0.2) is 0 Å². The van der Waals surface area contributed by atoms with Gasteiger partial charge in [0.1, 0.15) is 11.6 Å². The number of nitrogens with zero attached hydrogens (tertiary/aromatic N) is 1. The largest absolute Gasteiger partial charge is 0.368 e. The molecule has 38 heavy (non-hydrogen) atoms. The molecule has 3 aromatic carbocycles. The van der Waals surface area contributed by atoms with Crippen LogP contribution < -0.4 is 16.4 Å². The van der Waals surface area contributed by atoms with Crippen LogP contribution in [0.15, 0.2) is 66.7 Å². The van der Waals surface area contributed by atoms with Crippen LogP contribution in [0.5, 0.6) is 0 Å². The second kappa shape index (κ2) is 9.97. The fourth-order valence-corrected chi connectivity index (χ4v) is 5.87. The molecule has 0 unspecified atom stereocenters. The Morgan fingerprint density at radius 1 is 1.00 bits per heavy atom. The van der Waals surface area contributed by atoms with Gasteiger partial charge >= 0.3 is 0 Å². The van der Waals surface area contributed by atoms with Crippen molar-refractivity contribution in [2.24, 2.45) is 11.7 Å². The number of nitrogens with one attached hydrogen (secondary N) is 2. The number of fused-ring (bicyclic) bond motifs is 4. The number of hydrogen-bond acceptors (Lipinski definition) is 3. The minimum absolute atomic E-state index is 0.172. The van der Waals surface area contributed by atoms with Gasteiger partial charge in [0.25, 0.3) is 0 Å². The number of carbonyl (C=O) groups is 3. The smallest absolute Gasteiger partial charge is 0.246 e. The lowest BCUT2D eigenvalue weighted by molar-refractivity contribution is -0.136. The van der Waals surface area contributed by atoms with Crippen LogP contribution >= 0.6 is 0 Å². The fourth-order valence-electron chi connectivity index (χ4n) is 5.87. The first kappa shape index (κ1) is 25.5. The van der Waals surface area contributed by atoms with Gasteiger partial charge in [-0.15, -0.1) is 0 Å². The van der Waals surface area contributed by atoms with E-state index in [4.69, 9.17) is 5.73 Å². The molecule has 4 aromatic rings. The zero-order chi connectivity index (χ0) is 27.0. The van der Waals surface area contributed by atoms with Crippen LogP contribution in [-0.2, 0) is 33.8 Å². The normalized spacial score (nSPS) is 17.8. The third-order valence-electron chi connectivity index (χ3n) is 7.73. The van der Waals surface area contributed by atoms with Gasteiger partial charge in [0, 0.05) is 36.5 Å². The van der Waals surface area contributed by atoms with E-state index in [9.17, 15) is 14.4 Å². The van der Waals surface area contributed by atoms with Crippen molar-refractivity contribution in [3.63, 3.8) is 0 Å². The van der Waals surface area contributed by atoms with E-state index >= 15 is 0 Å². The molecule has 7 nitrogen and oxygen atoms in total. The zero-order valence-corrected chi connectivity index (χ0v) is 22.1. The van der Waals surface area contributed by atoms with Crippen LogP contribution in [0.3, 0.4) is 0 Å². The van der Waals surface area contributed by atoms with Crippen LogP contribution in [0.25, 0.3) is 21.7 Å². The maximum Gasteiger partial charge on any atom is 0.246 e. The van der Waals surface area contributed by atoms with Gasteiger partial charge in [-0.3, -0.25) is 14.4 Å². The molecule has 0 fully saturated rings. The summed E-state index contributed by atoms with van der Waals surface area (Å²) in [5, 5.41) is 9.27. The average Bonchev–Trinajstić information content (AvgIpc) is 3.18. The van der Waals surface area contributed by atoms with Crippen molar-refractivity contribution < 1.29 is 14.4 Å². The molecule has 1 aliphatic rings. The Bertz CT molecular complexity index is 1550. The Morgan fingerprint density at radius 2 is 1.71 bits per heavy atom. The minimum Gasteiger partial charge on any atom is -0.368 e. The highest BCUT2D eigenvalue weighted by atomic mass is 16.2. The predicted molar refractivity (Wildman–Crippen MR) is 150 cm³/mol. The number of para-hydroxylation sites is 1. The van der Waals surface area contributed by atoms with E-state index < -0.39 is 17.5 Å². The molecule has 0 saturated heterocycles. The van der Waals surface area contributed by atoms with E-state index in [0.717, 1.165) is 16.5 Å². The number of benzene rings is 3. The molecule has 1 heterocycles. The molecule has 4 N–H and O–H groups in total. The Balaban J connectivity index is 1.55. The van der Waals surface area contributed by atoms with Gasteiger partial charge in [-0.05, 0) is 52.8 Å². The summed E-state index contributed by atoms with van der Waals surface area (Å²) in [4.78, 5) is 38.1. The van der Waals surface area contributed by atoms with E-state index in [2.05, 4.69) is 57.7 Å². The van der Waals surface area contributed by atoms with Crippen molar-refractivity contribution in [2.45, 2.75) is 58.2 Å². The number of amides is 3. The summed E-state index contributed by atoms with van der Waals surface area (Å²) >= 11 is 0. The molecule has 0 saturated carbocycles. The molecule has 3 amide bonds. The highest BCUT2D eigenvalue weighted by molar-refractivity contribution is 5.96. The summed E-state index contributed by atoms with van der Waals surface area (Å²) in [6.45, 7) is 5.79. The summed E-state index contributed by atoms with van der Waals surface area (Å²) in [6.07, 6.45) is 1.36. The Labute approximate surface area is 222 Å². The SMILES string of the molecule is CC(=O)N[C@]1(C(=O)N[C@H](C(N)=O)C(C)C)CCc2c(c3ccccc3n2Cc2ccc3ccccc3c2)C1. The first-order chi connectivity index (χ1) is 18.2. The monoisotopic (exact) mass is 510 g/mol. The Morgan fingerprint density at radius 3 is 2.42 bits per heavy atom. The second-order valence-corrected chi connectivity index (χ2v) is 10.7. The van der Waals surface area contributed by atoms with Crippen LogP contribution in [0.2, 0.25) is 0 Å². The van der Waals surface area contributed by atoms with Gasteiger partial charge in [-0.2, -0.15) is 0 Å². The first-order valence-electron chi connectivity index (χ1n) is 13.1. The summed E-state index contributed by atoms with van der Waals surface area (Å²) in [5.74, 6) is -1.42. The molecule has 0 radical (unpaired) electrons. The molecule has 7 heteroatoms. The number of hydrogen-bond donors (Lipinski definition) is 3. The van der Waals surface area contributed by atoms with Crippen LogP contribution in [0.4, 0.5) is 0 Å². The van der Waals surface area contributed by atoms with Gasteiger partial charge in [0.2, 0.25) is 17.7 Å². The summed E-state index contributed by atoms with van der Waals surface area (Å²) in [5.41, 5.74) is 8.93. The molecular formula is C31H34N4O3. The third-order valence-corrected chi connectivity index (χ3v) is 7.73. The van der Waals surface area contributed by atoms with Crippen molar-refractivity contribution in [3.8, 4) is 0 Å². The summed E-state index contributed by atoms with van der Waals surface area (Å²) < 4.78 is 2.34. The second-order valence-electron chi connectivity index (χ2n) is 10.7. The van der Waals surface area contributed by atoms with Crippen molar-refractivity contribution in [1.29, 1.82) is 0 Å². The van der Waals surface area contributed by atoms with Crippen LogP contribution in [0.1, 0.15) is 44.0 Å². The summed E-state index contributed by atoms with van der Waals surface area (Å²) in [6, 6.07) is 22.3. The van der Waals surface area contributed by atoms with Crippen molar-refractivity contribution in [1.82, 2.24) is 15.2 Å². The number of nitrogens with two attached hydrogens (primary N) is 1. The van der Waals surface area contributed by atoms with Crippen molar-refractivity contribution >= 4 is 39.4 Å². The van der Waals surface area contributed by atoms with E-state index in [-0.39, 0.29) is 17.7 Å². The standard InChI is InChI=1S/C31H34N4O3/c1-19(2)28(29(32)37)33-30(38)31(34-20(3)36)15-14-27-25(17-31)24-10-6-7-11-26(24)35(27)18-21-12-13-22-8-4-5-9-23(22)16-21/h4-13,16,19,28H,14-15,17-18H2,1-3H3,(H2,32,37)(H,33,38)(H,34,36)/t28-,31+/m0/s1. The van der Waals surface area contributed by atoms with Crippen molar-refractivity contribution in [2.75, 3.05) is 0 Å². The lowest BCUT2D eigenvalue weighted by Gasteiger charge is -2.38. The minimum atomic E-state index is -1.17. The lowest BCUT2D eigenvalue weighted by Crippen LogP contribution is -2.64. The van der Waals surface area contributed by atoms with Crippen LogP contribution in [-0.4, -0.2) is 33.9 Å². The molecule has 0 spiro atoms. The van der Waals surface area contributed by atoms with Crippen LogP contribution in [0, 0.1) is 5.92 Å². The quantitative estimate of drug-likeness (QED) is 0.352. The molecule has 1 aliphatic carbocycles. The Kier molecular flexibility index (Phi) is 6.69. The third kappa shape index (κ3) is 4.64. The molecule has 5 rings (SSSR count). The van der Waals surface area contributed by atoms with E-state index in [1.165, 1.54) is 29.0 Å².